The Morgan fingerprint density at radius 3 is 3.09 bits per heavy atom. The molecule has 1 N–H and O–H groups in total. The van der Waals surface area contributed by atoms with Crippen LogP contribution in [0.25, 0.3) is 0 Å². The molecule has 0 bridgehead atoms. The van der Waals surface area contributed by atoms with E-state index in [4.69, 9.17) is 0 Å². The molecular formula is C16H22N4OS. The first-order chi connectivity index (χ1) is 10.6. The van der Waals surface area contributed by atoms with Crippen LogP contribution in [0.1, 0.15) is 54.9 Å². The number of likely N-dealkylation sites (tertiary alicyclic amines) is 1. The zero-order valence-corrected chi connectivity index (χ0v) is 13.9. The van der Waals surface area contributed by atoms with Gasteiger partial charge < -0.3 is 4.90 Å². The van der Waals surface area contributed by atoms with Gasteiger partial charge >= 0.3 is 0 Å². The molecule has 1 aliphatic rings. The number of hydrogen-bond acceptors (Lipinski definition) is 4. The Kier molecular flexibility index (Phi) is 4.57. The van der Waals surface area contributed by atoms with Crippen molar-refractivity contribution in [3.8, 4) is 0 Å². The lowest BCUT2D eigenvalue weighted by Crippen LogP contribution is -2.40. The van der Waals surface area contributed by atoms with Crippen molar-refractivity contribution in [3.63, 3.8) is 0 Å². The molecule has 0 aromatic carbocycles. The minimum absolute atomic E-state index is 0.185. The van der Waals surface area contributed by atoms with Crippen molar-refractivity contribution < 1.29 is 4.79 Å². The summed E-state index contributed by atoms with van der Waals surface area (Å²) in [6, 6.07) is 2.01. The number of hydrogen-bond donors (Lipinski definition) is 1. The fraction of sp³-hybridized carbons (Fsp3) is 0.562. The minimum atomic E-state index is 0.185. The van der Waals surface area contributed by atoms with Crippen molar-refractivity contribution in [2.75, 3.05) is 13.1 Å². The maximum absolute atomic E-state index is 12.5. The van der Waals surface area contributed by atoms with Crippen LogP contribution in [0.15, 0.2) is 17.6 Å². The summed E-state index contributed by atoms with van der Waals surface area (Å²) in [6.45, 7) is 5.89. The molecule has 3 heterocycles. The fourth-order valence-corrected chi connectivity index (χ4v) is 3.72. The molecule has 6 heteroatoms. The first-order valence-electron chi connectivity index (χ1n) is 7.85. The van der Waals surface area contributed by atoms with E-state index in [1.165, 1.54) is 0 Å². The first-order valence-corrected chi connectivity index (χ1v) is 8.73. The van der Waals surface area contributed by atoms with E-state index in [0.717, 1.165) is 42.3 Å². The Hall–Kier alpha value is -1.69. The number of H-pyrrole nitrogens is 1. The lowest BCUT2D eigenvalue weighted by molar-refractivity contribution is -0.131. The topological polar surface area (TPSA) is 61.9 Å². The molecule has 1 aliphatic heterocycles. The van der Waals surface area contributed by atoms with E-state index in [1.54, 1.807) is 17.5 Å². The normalized spacial score (nSPS) is 18.9. The van der Waals surface area contributed by atoms with Crippen LogP contribution in [0.3, 0.4) is 0 Å². The molecule has 3 rings (SSSR count). The van der Waals surface area contributed by atoms with Crippen LogP contribution in [0, 0.1) is 0 Å². The zero-order chi connectivity index (χ0) is 15.5. The molecule has 1 amide bonds. The molecule has 1 saturated heterocycles. The zero-order valence-electron chi connectivity index (χ0n) is 13.1. The number of aromatic nitrogens is 3. The van der Waals surface area contributed by atoms with E-state index in [9.17, 15) is 4.79 Å². The number of aromatic amines is 1. The predicted molar refractivity (Wildman–Crippen MR) is 87.0 cm³/mol. The Bertz CT molecular complexity index is 620. The highest BCUT2D eigenvalue weighted by Gasteiger charge is 2.26. The van der Waals surface area contributed by atoms with E-state index in [1.807, 2.05) is 16.3 Å². The van der Waals surface area contributed by atoms with Gasteiger partial charge in [-0.15, -0.1) is 11.3 Å². The number of nitrogens with zero attached hydrogens (tertiary/aromatic N) is 3. The number of carbonyl (C=O) groups excluding carboxylic acids is 1. The van der Waals surface area contributed by atoms with E-state index in [2.05, 4.69) is 29.0 Å². The third kappa shape index (κ3) is 3.38. The number of thiazole rings is 1. The minimum Gasteiger partial charge on any atom is -0.342 e. The van der Waals surface area contributed by atoms with Crippen LogP contribution in [0.5, 0.6) is 0 Å². The van der Waals surface area contributed by atoms with Gasteiger partial charge in [0.05, 0.1) is 17.1 Å². The quantitative estimate of drug-likeness (QED) is 0.943. The highest BCUT2D eigenvalue weighted by molar-refractivity contribution is 7.09. The highest BCUT2D eigenvalue weighted by Crippen LogP contribution is 2.26. The number of rotatable bonds is 4. The molecule has 0 radical (unpaired) electrons. The van der Waals surface area contributed by atoms with Crippen molar-refractivity contribution in [2.45, 2.75) is 44.9 Å². The largest absolute Gasteiger partial charge is 0.342 e. The van der Waals surface area contributed by atoms with E-state index in [0.29, 0.717) is 18.3 Å². The standard InChI is InChI=1S/C16H22N4OS/c1-11(2)16-18-13(10-22-16)8-15(21)20-7-3-4-12(9-20)14-5-6-17-19-14/h5-6,10-12H,3-4,7-9H2,1-2H3,(H,17,19)/t12-/m1/s1. The van der Waals surface area contributed by atoms with Crippen LogP contribution >= 0.6 is 11.3 Å². The Morgan fingerprint density at radius 2 is 2.41 bits per heavy atom. The molecule has 0 saturated carbocycles. The fourth-order valence-electron chi connectivity index (χ4n) is 2.89. The SMILES string of the molecule is CC(C)c1nc(CC(=O)N2CCC[C@@H](c3ccn[nH]3)C2)cs1. The van der Waals surface area contributed by atoms with Crippen molar-refractivity contribution in [1.82, 2.24) is 20.1 Å². The monoisotopic (exact) mass is 318 g/mol. The number of piperidine rings is 1. The van der Waals surface area contributed by atoms with Crippen molar-refractivity contribution >= 4 is 17.2 Å². The van der Waals surface area contributed by atoms with Gasteiger partial charge in [-0.1, -0.05) is 13.8 Å². The van der Waals surface area contributed by atoms with Crippen molar-refractivity contribution in [1.29, 1.82) is 0 Å². The number of nitrogens with one attached hydrogen (secondary N) is 1. The predicted octanol–water partition coefficient (Wildman–Crippen LogP) is 2.94. The van der Waals surface area contributed by atoms with E-state index < -0.39 is 0 Å². The lowest BCUT2D eigenvalue weighted by Gasteiger charge is -2.32. The van der Waals surface area contributed by atoms with Crippen LogP contribution < -0.4 is 0 Å². The molecule has 2 aromatic rings. The second-order valence-corrected chi connectivity index (χ2v) is 7.09. The molecule has 2 aromatic heterocycles. The first kappa shape index (κ1) is 15.2. The Morgan fingerprint density at radius 1 is 1.55 bits per heavy atom. The van der Waals surface area contributed by atoms with Gasteiger partial charge in [-0.05, 0) is 18.9 Å². The van der Waals surface area contributed by atoms with Gasteiger partial charge in [0.15, 0.2) is 0 Å². The lowest BCUT2D eigenvalue weighted by atomic mass is 9.94. The van der Waals surface area contributed by atoms with Gasteiger partial charge in [0, 0.05) is 42.2 Å². The molecule has 0 spiro atoms. The average molecular weight is 318 g/mol. The summed E-state index contributed by atoms with van der Waals surface area (Å²) in [5, 5.41) is 10.2. The summed E-state index contributed by atoms with van der Waals surface area (Å²) in [5.74, 6) is 0.986. The van der Waals surface area contributed by atoms with Crippen molar-refractivity contribution in [3.05, 3.63) is 34.0 Å². The molecule has 1 atom stereocenters. The van der Waals surface area contributed by atoms with Crippen LogP contribution in [0.4, 0.5) is 0 Å². The third-order valence-electron chi connectivity index (χ3n) is 4.13. The van der Waals surface area contributed by atoms with Gasteiger partial charge in [-0.2, -0.15) is 5.10 Å². The van der Waals surface area contributed by atoms with E-state index in [-0.39, 0.29) is 5.91 Å². The molecule has 22 heavy (non-hydrogen) atoms. The van der Waals surface area contributed by atoms with Gasteiger partial charge in [-0.25, -0.2) is 4.98 Å². The summed E-state index contributed by atoms with van der Waals surface area (Å²) >= 11 is 1.65. The van der Waals surface area contributed by atoms with E-state index >= 15 is 0 Å². The van der Waals surface area contributed by atoms with Gasteiger partial charge in [-0.3, -0.25) is 9.89 Å². The Balaban J connectivity index is 1.61. The Labute approximate surface area is 134 Å². The molecule has 1 fully saturated rings. The van der Waals surface area contributed by atoms with Crippen LogP contribution in [-0.4, -0.2) is 39.1 Å². The third-order valence-corrected chi connectivity index (χ3v) is 5.33. The van der Waals surface area contributed by atoms with Gasteiger partial charge in [0.1, 0.15) is 0 Å². The molecule has 118 valence electrons. The second-order valence-electron chi connectivity index (χ2n) is 6.20. The maximum Gasteiger partial charge on any atom is 0.228 e. The molecule has 0 aliphatic carbocycles. The molecular weight excluding hydrogens is 296 g/mol. The average Bonchev–Trinajstić information content (AvgIpc) is 3.19. The maximum atomic E-state index is 12.5. The summed E-state index contributed by atoms with van der Waals surface area (Å²) in [5.41, 5.74) is 2.04. The summed E-state index contributed by atoms with van der Waals surface area (Å²) in [4.78, 5) is 19.1. The summed E-state index contributed by atoms with van der Waals surface area (Å²) in [6.07, 6.45) is 4.35. The number of carbonyl (C=O) groups is 1. The second kappa shape index (κ2) is 6.60. The molecule has 5 nitrogen and oxygen atoms in total. The smallest absolute Gasteiger partial charge is 0.228 e. The van der Waals surface area contributed by atoms with Crippen LogP contribution in [0.2, 0.25) is 0 Å². The van der Waals surface area contributed by atoms with Crippen LogP contribution in [-0.2, 0) is 11.2 Å². The summed E-state index contributed by atoms with van der Waals surface area (Å²) < 4.78 is 0. The van der Waals surface area contributed by atoms with Gasteiger partial charge in [0.25, 0.3) is 0 Å². The molecule has 0 unspecified atom stereocenters. The number of amides is 1. The highest BCUT2D eigenvalue weighted by atomic mass is 32.1. The van der Waals surface area contributed by atoms with Gasteiger partial charge in [0.2, 0.25) is 5.91 Å². The summed E-state index contributed by atoms with van der Waals surface area (Å²) in [7, 11) is 0. The van der Waals surface area contributed by atoms with Crippen molar-refractivity contribution in [2.24, 2.45) is 0 Å².